The Morgan fingerprint density at radius 1 is 1.16 bits per heavy atom. The van der Waals surface area contributed by atoms with Gasteiger partial charge < -0.3 is 19.7 Å². The van der Waals surface area contributed by atoms with E-state index in [1.807, 2.05) is 40.6 Å². The van der Waals surface area contributed by atoms with Crippen LogP contribution in [-0.2, 0) is 4.79 Å². The lowest BCUT2D eigenvalue weighted by Crippen LogP contribution is -2.54. The molecular formula is C29H38ClN3O3S2. The fourth-order valence-electron chi connectivity index (χ4n) is 6.83. The topological polar surface area (TPSA) is 66.7 Å². The molecule has 0 aromatic heterocycles. The van der Waals surface area contributed by atoms with Crippen molar-refractivity contribution < 1.29 is 19.3 Å². The van der Waals surface area contributed by atoms with Crippen LogP contribution in [0, 0.1) is 0 Å². The van der Waals surface area contributed by atoms with Gasteiger partial charge in [0.25, 0.3) is 0 Å². The number of nitrogens with zero attached hydrogens (tertiary/aromatic N) is 3. The van der Waals surface area contributed by atoms with Gasteiger partial charge in [-0.1, -0.05) is 0 Å². The van der Waals surface area contributed by atoms with Crippen LogP contribution in [0.25, 0.3) is 0 Å². The number of carboxylic acid groups (broad SMARTS) is 1. The number of halogens is 1. The second-order valence-corrected chi connectivity index (χ2v) is 14.0. The first-order chi connectivity index (χ1) is 18.3. The number of carbonyl (C=O) groups is 2. The van der Waals surface area contributed by atoms with Crippen LogP contribution in [0.3, 0.4) is 0 Å². The van der Waals surface area contributed by atoms with Crippen LogP contribution in [0.4, 0.5) is 5.69 Å². The zero-order chi connectivity index (χ0) is 27.0. The maximum atomic E-state index is 12.0. The summed E-state index contributed by atoms with van der Waals surface area (Å²) < 4.78 is 2.55. The van der Waals surface area contributed by atoms with Crippen molar-refractivity contribution in [2.75, 3.05) is 18.0 Å². The van der Waals surface area contributed by atoms with Gasteiger partial charge in [-0.05, 0) is 88.9 Å². The molecule has 1 aromatic rings. The molecule has 0 spiro atoms. The summed E-state index contributed by atoms with van der Waals surface area (Å²) in [4.78, 5) is 27.8. The molecule has 0 amide bonds. The summed E-state index contributed by atoms with van der Waals surface area (Å²) in [5, 5.41) is 16.2. The number of thioether (sulfide) groups is 2. The van der Waals surface area contributed by atoms with Crippen LogP contribution in [0.5, 0.6) is 0 Å². The van der Waals surface area contributed by atoms with Crippen LogP contribution < -0.4 is 10.0 Å². The molecule has 6 nitrogen and oxygen atoms in total. The SMILES string of the molecule is CCN1/C(=C/C2=[N+](CC)C3CC(N(c4ccc(C=O)cc4)C(C)C(=O)[O-])CCC3S2)SC2CCC(Cl)CC21. The summed E-state index contributed by atoms with van der Waals surface area (Å²) in [5.41, 5.74) is 1.42. The van der Waals surface area contributed by atoms with Crippen molar-refractivity contribution in [1.29, 1.82) is 0 Å². The van der Waals surface area contributed by atoms with Crippen molar-refractivity contribution in [2.24, 2.45) is 0 Å². The quantitative estimate of drug-likeness (QED) is 0.259. The summed E-state index contributed by atoms with van der Waals surface area (Å²) in [5.74, 6) is -1.07. The molecule has 0 radical (unpaired) electrons. The van der Waals surface area contributed by atoms with Gasteiger partial charge in [0.1, 0.15) is 12.8 Å². The van der Waals surface area contributed by atoms with Crippen molar-refractivity contribution in [3.05, 3.63) is 40.9 Å². The number of hydrogen-bond donors (Lipinski definition) is 0. The molecule has 3 fully saturated rings. The van der Waals surface area contributed by atoms with E-state index in [1.165, 1.54) is 16.5 Å². The van der Waals surface area contributed by atoms with E-state index in [4.69, 9.17) is 11.6 Å². The molecule has 2 saturated carbocycles. The Bertz CT molecular complexity index is 1110. The van der Waals surface area contributed by atoms with Gasteiger partial charge in [-0.25, -0.2) is 4.58 Å². The van der Waals surface area contributed by atoms with E-state index in [2.05, 4.69) is 29.4 Å². The molecule has 0 bridgehead atoms. The molecule has 2 aliphatic heterocycles. The summed E-state index contributed by atoms with van der Waals surface area (Å²) in [7, 11) is 0. The summed E-state index contributed by atoms with van der Waals surface area (Å²) in [6.45, 7) is 8.11. The Hall–Kier alpha value is -1.64. The van der Waals surface area contributed by atoms with Gasteiger partial charge in [0, 0.05) is 53.0 Å². The van der Waals surface area contributed by atoms with E-state index < -0.39 is 12.0 Å². The largest absolute Gasteiger partial charge is 0.548 e. The van der Waals surface area contributed by atoms with Crippen LogP contribution in [0.2, 0.25) is 0 Å². The van der Waals surface area contributed by atoms with Gasteiger partial charge in [-0.15, -0.1) is 23.4 Å². The Kier molecular flexibility index (Phi) is 8.70. The monoisotopic (exact) mass is 575 g/mol. The fraction of sp³-hybridized carbons (Fsp3) is 0.621. The Morgan fingerprint density at radius 3 is 2.55 bits per heavy atom. The molecule has 2 heterocycles. The number of alkyl halides is 1. The number of carbonyl (C=O) groups excluding carboxylic acids is 2. The molecule has 7 atom stereocenters. The van der Waals surface area contributed by atoms with Crippen molar-refractivity contribution in [1.82, 2.24) is 4.90 Å². The van der Waals surface area contributed by atoms with Gasteiger partial charge in [0.2, 0.25) is 5.04 Å². The number of hydrogen-bond acceptors (Lipinski definition) is 7. The zero-order valence-electron chi connectivity index (χ0n) is 22.4. The lowest BCUT2D eigenvalue weighted by molar-refractivity contribution is -0.558. The lowest BCUT2D eigenvalue weighted by Gasteiger charge is -2.42. The fourth-order valence-corrected chi connectivity index (χ4v) is 10.3. The zero-order valence-corrected chi connectivity index (χ0v) is 24.8. The van der Waals surface area contributed by atoms with Crippen LogP contribution in [-0.4, -0.2) is 79.9 Å². The number of fused-ring (bicyclic) bond motifs is 2. The molecule has 4 aliphatic rings. The van der Waals surface area contributed by atoms with Crippen LogP contribution >= 0.6 is 35.1 Å². The maximum absolute atomic E-state index is 12.0. The molecule has 1 aromatic carbocycles. The summed E-state index contributed by atoms with van der Waals surface area (Å²) >= 11 is 10.6. The molecule has 0 N–H and O–H groups in total. The predicted octanol–water partition coefficient (Wildman–Crippen LogP) is 4.35. The Morgan fingerprint density at radius 2 is 1.89 bits per heavy atom. The van der Waals surface area contributed by atoms with Crippen molar-refractivity contribution in [2.45, 2.75) is 99.3 Å². The average Bonchev–Trinajstić information content (AvgIpc) is 3.44. The number of benzene rings is 1. The first-order valence-corrected chi connectivity index (χ1v) is 16.2. The second kappa shape index (κ2) is 11.8. The number of aldehydes is 1. The van der Waals surface area contributed by atoms with Crippen molar-refractivity contribution in [3.63, 3.8) is 0 Å². The predicted molar refractivity (Wildman–Crippen MR) is 157 cm³/mol. The standard InChI is InChI=1S/C29H38ClN3O3S2/c1-4-31-23-14-20(30)8-12-25(23)37-27(31)16-28-32(5-2)24-15-22(11-13-26(24)38-28)33(18(3)29(35)36)21-9-6-19(17-34)7-10-21/h6-7,9-10,16-18,20,22-26H,4-5,8,11-15H2,1-3H3. The highest BCUT2D eigenvalue weighted by molar-refractivity contribution is 8.15. The van der Waals surface area contributed by atoms with Gasteiger partial charge in [-0.2, -0.15) is 0 Å². The van der Waals surface area contributed by atoms with Crippen LogP contribution in [0.1, 0.15) is 69.7 Å². The third-order valence-corrected chi connectivity index (χ3v) is 12.0. The highest BCUT2D eigenvalue weighted by atomic mass is 35.5. The van der Waals surface area contributed by atoms with Gasteiger partial charge >= 0.3 is 0 Å². The van der Waals surface area contributed by atoms with Crippen molar-refractivity contribution >= 4 is 58.1 Å². The van der Waals surface area contributed by atoms with E-state index in [0.717, 1.165) is 57.2 Å². The van der Waals surface area contributed by atoms with E-state index in [9.17, 15) is 14.7 Å². The summed E-state index contributed by atoms with van der Waals surface area (Å²) in [6.07, 6.45) is 9.47. The van der Waals surface area contributed by atoms with E-state index in [1.54, 1.807) is 19.1 Å². The molecule has 206 valence electrons. The molecule has 2 aliphatic carbocycles. The van der Waals surface area contributed by atoms with Crippen LogP contribution in [0.15, 0.2) is 35.4 Å². The molecule has 9 heteroatoms. The highest BCUT2D eigenvalue weighted by Gasteiger charge is 2.48. The number of aliphatic carboxylic acids is 1. The highest BCUT2D eigenvalue weighted by Crippen LogP contribution is 2.48. The minimum absolute atomic E-state index is 0.0874. The smallest absolute Gasteiger partial charge is 0.238 e. The summed E-state index contributed by atoms with van der Waals surface area (Å²) in [6, 6.07) is 7.46. The molecule has 1 saturated heterocycles. The van der Waals surface area contributed by atoms with E-state index in [0.29, 0.717) is 28.1 Å². The van der Waals surface area contributed by atoms with E-state index >= 15 is 0 Å². The molecule has 38 heavy (non-hydrogen) atoms. The average molecular weight is 576 g/mol. The first-order valence-electron chi connectivity index (χ1n) is 14.0. The number of anilines is 1. The molecular weight excluding hydrogens is 538 g/mol. The van der Waals surface area contributed by atoms with Gasteiger partial charge in [0.05, 0.1) is 22.3 Å². The molecule has 7 unspecified atom stereocenters. The third kappa shape index (κ3) is 5.37. The maximum Gasteiger partial charge on any atom is 0.238 e. The lowest BCUT2D eigenvalue weighted by atomic mass is 9.88. The first kappa shape index (κ1) is 27.9. The third-order valence-electron chi connectivity index (χ3n) is 8.74. The minimum Gasteiger partial charge on any atom is -0.548 e. The van der Waals surface area contributed by atoms with Gasteiger partial charge in [-0.3, -0.25) is 4.79 Å². The number of carboxylic acids is 1. The Balaban J connectivity index is 1.40. The minimum atomic E-state index is -1.07. The number of rotatable bonds is 8. The van der Waals surface area contributed by atoms with Gasteiger partial charge in [0.15, 0.2) is 6.04 Å². The Labute approximate surface area is 239 Å². The second-order valence-electron chi connectivity index (χ2n) is 10.8. The normalized spacial score (nSPS) is 32.7. The van der Waals surface area contributed by atoms with E-state index in [-0.39, 0.29) is 11.4 Å². The molecule has 5 rings (SSSR count). The van der Waals surface area contributed by atoms with Crippen molar-refractivity contribution in [3.8, 4) is 0 Å².